The zero-order valence-electron chi connectivity index (χ0n) is 17.3. The number of benzene rings is 1. The Kier molecular flexibility index (Phi) is 6.74. The molecule has 5 rings (SSSR count). The summed E-state index contributed by atoms with van der Waals surface area (Å²) < 4.78 is 6.75. The first-order valence-corrected chi connectivity index (χ1v) is 11.4. The van der Waals surface area contributed by atoms with Crippen molar-refractivity contribution in [3.05, 3.63) is 53.4 Å². The summed E-state index contributed by atoms with van der Waals surface area (Å²) in [6, 6.07) is 13.3. The maximum absolute atomic E-state index is 5.44. The van der Waals surface area contributed by atoms with Crippen molar-refractivity contribution in [2.75, 3.05) is 50.8 Å². The van der Waals surface area contributed by atoms with Gasteiger partial charge in [-0.25, -0.2) is 4.98 Å². The predicted molar refractivity (Wildman–Crippen MR) is 130 cm³/mol. The zero-order valence-corrected chi connectivity index (χ0v) is 19.0. The Morgan fingerprint density at radius 3 is 2.50 bits per heavy atom. The first-order valence-electron chi connectivity index (χ1n) is 10.5. The molecule has 4 nitrogen and oxygen atoms in total. The molecule has 0 atom stereocenters. The largest absolute Gasteiger partial charge is 0.377 e. The van der Waals surface area contributed by atoms with Crippen LogP contribution in [0.25, 0.3) is 26.9 Å². The van der Waals surface area contributed by atoms with E-state index in [0.29, 0.717) is 0 Å². The molecule has 2 aromatic heterocycles. The molecule has 30 heavy (non-hydrogen) atoms. The number of rotatable bonds is 4. The molecule has 0 N–H and O–H groups in total. The summed E-state index contributed by atoms with van der Waals surface area (Å²) >= 11 is 1.80. The van der Waals surface area contributed by atoms with E-state index in [1.807, 2.05) is 0 Å². The molecule has 4 heterocycles. The van der Waals surface area contributed by atoms with Crippen molar-refractivity contribution in [1.82, 2.24) is 9.88 Å². The van der Waals surface area contributed by atoms with Gasteiger partial charge in [0, 0.05) is 31.7 Å². The number of ether oxygens (including phenoxy) is 1. The van der Waals surface area contributed by atoms with Gasteiger partial charge >= 0.3 is 0 Å². The maximum Gasteiger partial charge on any atom is 0.147 e. The van der Waals surface area contributed by atoms with Crippen LogP contribution >= 0.6 is 23.7 Å². The van der Waals surface area contributed by atoms with E-state index in [1.54, 1.807) is 11.3 Å². The number of aromatic nitrogens is 1. The van der Waals surface area contributed by atoms with Crippen LogP contribution in [0.3, 0.4) is 0 Å². The molecule has 0 saturated carbocycles. The van der Waals surface area contributed by atoms with Crippen LogP contribution in [0.1, 0.15) is 18.9 Å². The van der Waals surface area contributed by atoms with Crippen LogP contribution < -0.4 is 4.90 Å². The van der Waals surface area contributed by atoms with E-state index < -0.39 is 0 Å². The second kappa shape index (κ2) is 9.48. The fraction of sp³-hybridized carbons (Fsp3) is 0.375. The lowest BCUT2D eigenvalue weighted by atomic mass is 9.99. The van der Waals surface area contributed by atoms with E-state index in [2.05, 4.69) is 64.6 Å². The first kappa shape index (κ1) is 21.3. The molecule has 1 fully saturated rings. The number of thiophene rings is 1. The van der Waals surface area contributed by atoms with Crippen molar-refractivity contribution in [2.45, 2.75) is 13.3 Å². The molecular formula is C24H28ClN3OS. The van der Waals surface area contributed by atoms with Gasteiger partial charge in [0.2, 0.25) is 0 Å². The quantitative estimate of drug-likeness (QED) is 0.547. The minimum atomic E-state index is 0. The van der Waals surface area contributed by atoms with E-state index in [4.69, 9.17) is 9.72 Å². The normalized spacial score (nSPS) is 17.6. The van der Waals surface area contributed by atoms with Crippen molar-refractivity contribution >= 4 is 45.2 Å². The summed E-state index contributed by atoms with van der Waals surface area (Å²) in [7, 11) is 0. The van der Waals surface area contributed by atoms with Gasteiger partial charge in [-0.15, -0.1) is 23.7 Å². The third kappa shape index (κ3) is 4.26. The minimum Gasteiger partial charge on any atom is -0.377 e. The lowest BCUT2D eigenvalue weighted by molar-refractivity contribution is 0.161. The zero-order chi connectivity index (χ0) is 19.6. The van der Waals surface area contributed by atoms with Crippen LogP contribution in [-0.2, 0) is 4.74 Å². The summed E-state index contributed by atoms with van der Waals surface area (Å²) in [6.45, 7) is 9.24. The number of hydrogen-bond donors (Lipinski definition) is 0. The molecule has 0 aliphatic carbocycles. The molecule has 1 saturated heterocycles. The third-order valence-electron chi connectivity index (χ3n) is 6.05. The smallest absolute Gasteiger partial charge is 0.147 e. The molecule has 2 aliphatic rings. The number of halogens is 1. The average molecular weight is 442 g/mol. The van der Waals surface area contributed by atoms with Crippen molar-refractivity contribution in [2.24, 2.45) is 0 Å². The molecule has 2 aliphatic heterocycles. The minimum absolute atomic E-state index is 0. The molecule has 0 amide bonds. The summed E-state index contributed by atoms with van der Waals surface area (Å²) in [5, 5.41) is 3.48. The van der Waals surface area contributed by atoms with Crippen LogP contribution in [0.15, 0.2) is 47.9 Å². The Morgan fingerprint density at radius 1 is 1.03 bits per heavy atom. The number of piperazine rings is 1. The van der Waals surface area contributed by atoms with E-state index >= 15 is 0 Å². The van der Waals surface area contributed by atoms with Gasteiger partial charge in [0.15, 0.2) is 0 Å². The van der Waals surface area contributed by atoms with Crippen LogP contribution in [-0.4, -0.2) is 55.8 Å². The number of nitrogens with zero attached hydrogens (tertiary/aromatic N) is 3. The first-order chi connectivity index (χ1) is 14.3. The van der Waals surface area contributed by atoms with Crippen molar-refractivity contribution in [1.29, 1.82) is 0 Å². The highest BCUT2D eigenvalue weighted by Crippen LogP contribution is 2.34. The Balaban J connectivity index is 0.00000218. The second-order valence-corrected chi connectivity index (χ2v) is 8.64. The molecule has 0 unspecified atom stereocenters. The van der Waals surface area contributed by atoms with Gasteiger partial charge in [-0.2, -0.15) is 0 Å². The maximum atomic E-state index is 5.44. The van der Waals surface area contributed by atoms with E-state index in [1.165, 1.54) is 26.8 Å². The van der Waals surface area contributed by atoms with Crippen LogP contribution in [0.5, 0.6) is 0 Å². The number of fused-ring (bicyclic) bond motifs is 1. The van der Waals surface area contributed by atoms with Gasteiger partial charge in [-0.05, 0) is 47.0 Å². The summed E-state index contributed by atoms with van der Waals surface area (Å²) in [4.78, 5) is 10.1. The fourth-order valence-corrected chi connectivity index (χ4v) is 5.14. The Hall–Kier alpha value is -1.92. The molecule has 3 aromatic rings. The van der Waals surface area contributed by atoms with E-state index in [-0.39, 0.29) is 12.4 Å². The predicted octanol–water partition coefficient (Wildman–Crippen LogP) is 5.33. The molecule has 0 radical (unpaired) electrons. The van der Waals surface area contributed by atoms with Gasteiger partial charge < -0.3 is 14.5 Å². The molecule has 6 heteroatoms. The molecule has 0 spiro atoms. The molecule has 0 bridgehead atoms. The molecule has 1 aromatic carbocycles. The number of anilines is 1. The fourth-order valence-electron chi connectivity index (χ4n) is 4.24. The summed E-state index contributed by atoms with van der Waals surface area (Å²) in [5.41, 5.74) is 4.93. The van der Waals surface area contributed by atoms with Crippen LogP contribution in [0.4, 0.5) is 5.82 Å². The highest BCUT2D eigenvalue weighted by molar-refractivity contribution is 7.17. The van der Waals surface area contributed by atoms with Gasteiger partial charge in [0.1, 0.15) is 5.82 Å². The summed E-state index contributed by atoms with van der Waals surface area (Å²) in [5.74, 6) is 1.15. The number of likely N-dealkylation sites (N-methyl/N-ethyl adjacent to an activating group) is 1. The average Bonchev–Trinajstić information content (AvgIpc) is 3.28. The lowest BCUT2D eigenvalue weighted by Gasteiger charge is -2.35. The van der Waals surface area contributed by atoms with E-state index in [0.717, 1.165) is 63.9 Å². The SMILES string of the molecule is CCN1CCN(c2nc(-c3ccc(C4=CCOCC4)cc3)cc3ccsc23)CC1.Cl. The third-order valence-corrected chi connectivity index (χ3v) is 6.98. The number of hydrogen-bond acceptors (Lipinski definition) is 5. The Morgan fingerprint density at radius 2 is 1.80 bits per heavy atom. The van der Waals surface area contributed by atoms with Crippen LogP contribution in [0.2, 0.25) is 0 Å². The van der Waals surface area contributed by atoms with E-state index in [9.17, 15) is 0 Å². The van der Waals surface area contributed by atoms with Gasteiger partial charge in [0.25, 0.3) is 0 Å². The monoisotopic (exact) mass is 441 g/mol. The van der Waals surface area contributed by atoms with Gasteiger partial charge in [0.05, 0.1) is 23.6 Å². The van der Waals surface area contributed by atoms with Crippen molar-refractivity contribution in [3.8, 4) is 11.3 Å². The highest BCUT2D eigenvalue weighted by Gasteiger charge is 2.20. The Labute approximate surface area is 188 Å². The van der Waals surface area contributed by atoms with Gasteiger partial charge in [-0.3, -0.25) is 0 Å². The number of pyridine rings is 1. The van der Waals surface area contributed by atoms with Crippen molar-refractivity contribution < 1.29 is 4.74 Å². The molecule has 158 valence electrons. The van der Waals surface area contributed by atoms with Crippen LogP contribution in [0, 0.1) is 0 Å². The topological polar surface area (TPSA) is 28.6 Å². The lowest BCUT2D eigenvalue weighted by Crippen LogP contribution is -2.46. The molecular weight excluding hydrogens is 414 g/mol. The summed E-state index contributed by atoms with van der Waals surface area (Å²) in [6.07, 6.45) is 3.19. The second-order valence-electron chi connectivity index (χ2n) is 7.72. The Bertz CT molecular complexity index is 1020. The highest BCUT2D eigenvalue weighted by atomic mass is 35.5. The standard InChI is InChI=1S/C24H27N3OS.ClH/c1-2-26-10-12-27(13-11-26)24-23-21(9-16-29-23)17-22(25-24)20-5-3-18(4-6-20)19-7-14-28-15-8-19;/h3-7,9,16-17H,2,8,10-15H2,1H3;1H. The van der Waals surface area contributed by atoms with Gasteiger partial charge in [-0.1, -0.05) is 37.3 Å². The van der Waals surface area contributed by atoms with Crippen molar-refractivity contribution in [3.63, 3.8) is 0 Å².